The van der Waals surface area contributed by atoms with Gasteiger partial charge in [-0.1, -0.05) is 30.1 Å². The summed E-state index contributed by atoms with van der Waals surface area (Å²) >= 11 is 12.6. The number of benzene rings is 1. The normalized spacial score (nSPS) is 21.8. The largest absolute Gasteiger partial charge is 0.330 e. The first-order chi connectivity index (χ1) is 13.5. The van der Waals surface area contributed by atoms with Crippen LogP contribution in [0.15, 0.2) is 18.2 Å². The van der Waals surface area contributed by atoms with Gasteiger partial charge in [0, 0.05) is 17.5 Å². The van der Waals surface area contributed by atoms with Gasteiger partial charge in [-0.2, -0.15) is 0 Å². The summed E-state index contributed by atoms with van der Waals surface area (Å²) in [6.45, 7) is 4.07. The van der Waals surface area contributed by atoms with Crippen LogP contribution in [0.1, 0.15) is 61.9 Å². The molecule has 1 aromatic carbocycles. The number of nitrogens with zero attached hydrogens (tertiary/aromatic N) is 3. The molecule has 0 spiro atoms. The Balaban J connectivity index is 1.68. The van der Waals surface area contributed by atoms with Crippen LogP contribution in [0.25, 0.3) is 0 Å². The maximum atomic E-state index is 13.1. The maximum absolute atomic E-state index is 13.1. The Hall–Kier alpha value is -1.72. The summed E-state index contributed by atoms with van der Waals surface area (Å²) in [5, 5.41) is 4.25. The average molecular weight is 419 g/mol. The minimum atomic E-state index is -0.243. The van der Waals surface area contributed by atoms with Crippen molar-refractivity contribution in [1.82, 2.24) is 14.9 Å². The van der Waals surface area contributed by atoms with E-state index in [-0.39, 0.29) is 12.1 Å². The summed E-state index contributed by atoms with van der Waals surface area (Å²) in [7, 11) is 0. The summed E-state index contributed by atoms with van der Waals surface area (Å²) < 4.78 is 2.27. The number of amides is 1. The number of carbonyl (C=O) groups is 1. The van der Waals surface area contributed by atoms with E-state index in [0.717, 1.165) is 17.9 Å². The third kappa shape index (κ3) is 2.91. The van der Waals surface area contributed by atoms with Crippen molar-refractivity contribution in [2.24, 2.45) is 11.8 Å². The first-order valence-corrected chi connectivity index (χ1v) is 10.9. The summed E-state index contributed by atoms with van der Waals surface area (Å²) in [5.74, 6) is 3.02. The fraction of sp³-hybridized carbons (Fsp3) is 0.524. The van der Waals surface area contributed by atoms with Crippen LogP contribution in [0.5, 0.6) is 0 Å². The molecule has 1 N–H and O–H groups in total. The highest BCUT2D eigenvalue weighted by atomic mass is 35.5. The number of nitrogens with one attached hydrogen (secondary N) is 1. The Labute approximate surface area is 175 Å². The van der Waals surface area contributed by atoms with Crippen molar-refractivity contribution >= 4 is 40.6 Å². The zero-order chi connectivity index (χ0) is 19.6. The molecule has 5 rings (SSSR count). The summed E-state index contributed by atoms with van der Waals surface area (Å²) in [4.78, 5) is 20.1. The summed E-state index contributed by atoms with van der Waals surface area (Å²) in [6.07, 6.45) is 5.56. The number of fused-ring (bicyclic) bond motifs is 1. The maximum Gasteiger partial charge on any atom is 0.273 e. The number of halogens is 2. The second-order valence-corrected chi connectivity index (χ2v) is 9.05. The third-order valence-electron chi connectivity index (χ3n) is 6.13. The molecule has 2 fully saturated rings. The van der Waals surface area contributed by atoms with E-state index in [0.29, 0.717) is 39.4 Å². The number of carbonyl (C=O) groups excluding carboxylic acids is 1. The fourth-order valence-corrected chi connectivity index (χ4v) is 5.10. The Kier molecular flexibility index (Phi) is 4.36. The standard InChI is InChI=1S/C21H24Cl2N4O/c1-3-17-25-20-19(27(17)18(12-4-5-12)13-6-7-13)21(28)24-11(2)26(20)16-9-8-14(22)10-15(16)23/h8-13,18H,3-7H2,1-2H3,(H,24,28). The van der Waals surface area contributed by atoms with Gasteiger partial charge in [0.1, 0.15) is 12.0 Å². The molecule has 3 aliphatic rings. The van der Waals surface area contributed by atoms with Crippen molar-refractivity contribution in [3.63, 3.8) is 0 Å². The van der Waals surface area contributed by atoms with Gasteiger partial charge in [0.25, 0.3) is 5.91 Å². The molecule has 2 aliphatic carbocycles. The topological polar surface area (TPSA) is 50.2 Å². The van der Waals surface area contributed by atoms with Crippen molar-refractivity contribution in [2.45, 2.75) is 58.2 Å². The monoisotopic (exact) mass is 418 g/mol. The Morgan fingerprint density at radius 1 is 1.21 bits per heavy atom. The molecule has 1 atom stereocenters. The van der Waals surface area contributed by atoms with Crippen molar-refractivity contribution in [3.05, 3.63) is 39.8 Å². The molecule has 148 valence electrons. The van der Waals surface area contributed by atoms with E-state index in [4.69, 9.17) is 28.2 Å². The Bertz CT molecular complexity index is 936. The summed E-state index contributed by atoms with van der Waals surface area (Å²) in [5.41, 5.74) is 1.49. The van der Waals surface area contributed by atoms with E-state index >= 15 is 0 Å². The lowest BCUT2D eigenvalue weighted by Crippen LogP contribution is -2.49. The molecule has 0 radical (unpaired) electrons. The molecular weight excluding hydrogens is 395 g/mol. The van der Waals surface area contributed by atoms with Gasteiger partial charge in [-0.15, -0.1) is 0 Å². The highest BCUT2D eigenvalue weighted by Crippen LogP contribution is 2.54. The number of rotatable bonds is 5. The number of anilines is 2. The van der Waals surface area contributed by atoms with Gasteiger partial charge in [0.15, 0.2) is 11.5 Å². The molecule has 1 unspecified atom stereocenters. The van der Waals surface area contributed by atoms with Crippen molar-refractivity contribution in [2.75, 3.05) is 4.90 Å². The van der Waals surface area contributed by atoms with Gasteiger partial charge in [-0.05, 0) is 62.6 Å². The van der Waals surface area contributed by atoms with Crippen LogP contribution in [-0.2, 0) is 6.42 Å². The fourth-order valence-electron chi connectivity index (χ4n) is 4.60. The van der Waals surface area contributed by atoms with Gasteiger partial charge in [-0.3, -0.25) is 4.79 Å². The van der Waals surface area contributed by atoms with Gasteiger partial charge < -0.3 is 14.8 Å². The zero-order valence-corrected chi connectivity index (χ0v) is 17.6. The number of aryl methyl sites for hydroxylation is 1. The van der Waals surface area contributed by atoms with E-state index in [1.165, 1.54) is 25.7 Å². The molecule has 28 heavy (non-hydrogen) atoms. The summed E-state index contributed by atoms with van der Waals surface area (Å²) in [6, 6.07) is 5.84. The van der Waals surface area contributed by atoms with Gasteiger partial charge in [-0.25, -0.2) is 4.98 Å². The Morgan fingerprint density at radius 3 is 2.46 bits per heavy atom. The van der Waals surface area contributed by atoms with E-state index in [9.17, 15) is 4.79 Å². The SMILES string of the molecule is CCc1nc2c(n1C(C1CC1)C1CC1)C(=O)NC(C)N2c1ccc(Cl)cc1Cl. The predicted octanol–water partition coefficient (Wildman–Crippen LogP) is 5.34. The van der Waals surface area contributed by atoms with Crippen molar-refractivity contribution in [1.29, 1.82) is 0 Å². The highest BCUT2D eigenvalue weighted by Gasteiger charge is 2.47. The third-order valence-corrected chi connectivity index (χ3v) is 6.67. The van der Waals surface area contributed by atoms with Crippen LogP contribution in [0.3, 0.4) is 0 Å². The van der Waals surface area contributed by atoms with Crippen LogP contribution >= 0.6 is 23.2 Å². The van der Waals surface area contributed by atoms with Crippen LogP contribution in [0, 0.1) is 11.8 Å². The molecule has 1 amide bonds. The number of aromatic nitrogens is 2. The molecule has 7 heteroatoms. The molecule has 1 aliphatic heterocycles. The zero-order valence-electron chi connectivity index (χ0n) is 16.1. The quantitative estimate of drug-likeness (QED) is 0.712. The number of hydrogen-bond acceptors (Lipinski definition) is 3. The van der Waals surface area contributed by atoms with Crippen molar-refractivity contribution < 1.29 is 4.79 Å². The lowest BCUT2D eigenvalue weighted by atomic mass is 10.1. The van der Waals surface area contributed by atoms with E-state index < -0.39 is 0 Å². The van der Waals surface area contributed by atoms with E-state index in [1.54, 1.807) is 6.07 Å². The van der Waals surface area contributed by atoms with Crippen LogP contribution in [-0.4, -0.2) is 21.6 Å². The van der Waals surface area contributed by atoms with E-state index in [1.807, 2.05) is 24.0 Å². The molecule has 0 bridgehead atoms. The lowest BCUT2D eigenvalue weighted by molar-refractivity contribution is 0.0919. The highest BCUT2D eigenvalue weighted by molar-refractivity contribution is 6.36. The van der Waals surface area contributed by atoms with Gasteiger partial charge in [0.05, 0.1) is 10.7 Å². The lowest BCUT2D eigenvalue weighted by Gasteiger charge is -2.36. The van der Waals surface area contributed by atoms with Crippen molar-refractivity contribution in [3.8, 4) is 0 Å². The van der Waals surface area contributed by atoms with Gasteiger partial charge >= 0.3 is 0 Å². The molecule has 1 aromatic heterocycles. The van der Waals surface area contributed by atoms with Crippen LogP contribution in [0.2, 0.25) is 10.0 Å². The predicted molar refractivity (Wildman–Crippen MR) is 112 cm³/mol. The molecule has 2 saturated carbocycles. The first-order valence-electron chi connectivity index (χ1n) is 10.2. The molecule has 2 heterocycles. The second-order valence-electron chi connectivity index (χ2n) is 8.20. The van der Waals surface area contributed by atoms with E-state index in [2.05, 4.69) is 16.8 Å². The number of hydrogen-bond donors (Lipinski definition) is 1. The molecule has 0 saturated heterocycles. The van der Waals surface area contributed by atoms with Gasteiger partial charge in [0.2, 0.25) is 0 Å². The second kappa shape index (κ2) is 6.67. The molecular formula is C21H24Cl2N4O. The smallest absolute Gasteiger partial charge is 0.273 e. The minimum Gasteiger partial charge on any atom is -0.330 e. The first kappa shape index (κ1) is 18.3. The van der Waals surface area contributed by atoms with Crippen LogP contribution < -0.4 is 10.2 Å². The molecule has 5 nitrogen and oxygen atoms in total. The average Bonchev–Trinajstić information content (AvgIpc) is 3.56. The van der Waals surface area contributed by atoms with Crippen LogP contribution in [0.4, 0.5) is 11.5 Å². The molecule has 2 aromatic rings. The number of imidazole rings is 1. The Morgan fingerprint density at radius 2 is 1.89 bits per heavy atom. The minimum absolute atomic E-state index is 0.0395.